The highest BCUT2D eigenvalue weighted by molar-refractivity contribution is 6.31. The quantitative estimate of drug-likeness (QED) is 0.489. The minimum Gasteiger partial charge on any atom is -0.384 e. The van der Waals surface area contributed by atoms with Gasteiger partial charge in [0, 0.05) is 34.6 Å². The van der Waals surface area contributed by atoms with Crippen LogP contribution in [0.2, 0.25) is 5.02 Å². The Balaban J connectivity index is 1.87. The summed E-state index contributed by atoms with van der Waals surface area (Å²) in [6.07, 6.45) is 3.35. The minimum atomic E-state index is -0.493. The summed E-state index contributed by atoms with van der Waals surface area (Å²) in [6, 6.07) is 13.5. The van der Waals surface area contributed by atoms with E-state index in [1.165, 1.54) is 12.1 Å². The van der Waals surface area contributed by atoms with Crippen LogP contribution < -0.4 is 5.32 Å². The van der Waals surface area contributed by atoms with Crippen molar-refractivity contribution in [3.05, 3.63) is 77.3 Å². The molecule has 7 heteroatoms. The third kappa shape index (κ3) is 4.16. The zero-order valence-corrected chi connectivity index (χ0v) is 15.8. The molecule has 142 valence electrons. The first-order valence-electron chi connectivity index (χ1n) is 8.68. The number of hydrogen-bond donors (Lipinski definition) is 2. The van der Waals surface area contributed by atoms with Crippen molar-refractivity contribution in [1.29, 1.82) is 0 Å². The zero-order valence-electron chi connectivity index (χ0n) is 15.0. The van der Waals surface area contributed by atoms with E-state index in [0.717, 1.165) is 16.5 Å². The maximum atomic E-state index is 13.5. The van der Waals surface area contributed by atoms with E-state index < -0.39 is 5.82 Å². The molecule has 0 saturated heterocycles. The standard InChI is InChI=1S/C22H14ClFN4O/c23-18-12-16(6-8-19(18)24)26-22-17-7-5-14(3-2-10-29)11-20(17)27-21(28-22)15-4-1-9-25-13-15/h1,4-9,11-13,29H,10H2,(H,26,27,28). The number of nitrogens with one attached hydrogen (secondary N) is 1. The summed E-state index contributed by atoms with van der Waals surface area (Å²) in [7, 11) is 0. The van der Waals surface area contributed by atoms with Gasteiger partial charge in [-0.1, -0.05) is 23.4 Å². The fraction of sp³-hybridized carbons (Fsp3) is 0.0455. The van der Waals surface area contributed by atoms with Crippen molar-refractivity contribution in [3.8, 4) is 23.2 Å². The fourth-order valence-electron chi connectivity index (χ4n) is 2.78. The van der Waals surface area contributed by atoms with Crippen LogP contribution in [0.1, 0.15) is 5.56 Å². The molecule has 0 spiro atoms. The van der Waals surface area contributed by atoms with E-state index in [9.17, 15) is 4.39 Å². The summed E-state index contributed by atoms with van der Waals surface area (Å²) in [6.45, 7) is -0.221. The first-order chi connectivity index (χ1) is 14.1. The van der Waals surface area contributed by atoms with E-state index in [1.807, 2.05) is 24.3 Å². The number of aliphatic hydroxyl groups excluding tert-OH is 1. The van der Waals surface area contributed by atoms with Crippen LogP contribution in [0.5, 0.6) is 0 Å². The highest BCUT2D eigenvalue weighted by Crippen LogP contribution is 2.29. The fourth-order valence-corrected chi connectivity index (χ4v) is 2.96. The molecular formula is C22H14ClFN4O. The highest BCUT2D eigenvalue weighted by Gasteiger charge is 2.11. The molecule has 2 aromatic heterocycles. The van der Waals surface area contributed by atoms with E-state index in [4.69, 9.17) is 16.7 Å². The van der Waals surface area contributed by atoms with Crippen molar-refractivity contribution < 1.29 is 9.50 Å². The molecular weight excluding hydrogens is 391 g/mol. The SMILES string of the molecule is OCC#Cc1ccc2c(Nc3ccc(F)c(Cl)c3)nc(-c3cccnc3)nc2c1. The van der Waals surface area contributed by atoms with Crippen LogP contribution in [0.15, 0.2) is 60.9 Å². The summed E-state index contributed by atoms with van der Waals surface area (Å²) < 4.78 is 13.5. The first-order valence-corrected chi connectivity index (χ1v) is 9.06. The predicted octanol–water partition coefficient (Wildman–Crippen LogP) is 4.57. The van der Waals surface area contributed by atoms with Gasteiger partial charge >= 0.3 is 0 Å². The Morgan fingerprint density at radius 1 is 1.10 bits per heavy atom. The average Bonchev–Trinajstić information content (AvgIpc) is 2.75. The number of hydrogen-bond acceptors (Lipinski definition) is 5. The van der Waals surface area contributed by atoms with Gasteiger partial charge in [-0.25, -0.2) is 14.4 Å². The van der Waals surface area contributed by atoms with Crippen molar-refractivity contribution in [3.63, 3.8) is 0 Å². The lowest BCUT2D eigenvalue weighted by Gasteiger charge is -2.12. The molecule has 0 atom stereocenters. The number of aliphatic hydroxyl groups is 1. The van der Waals surface area contributed by atoms with Crippen LogP contribution in [0.3, 0.4) is 0 Å². The molecule has 0 amide bonds. The van der Waals surface area contributed by atoms with Gasteiger partial charge in [-0.15, -0.1) is 0 Å². The van der Waals surface area contributed by atoms with Crippen molar-refractivity contribution in [2.45, 2.75) is 0 Å². The molecule has 2 aromatic carbocycles. The Bertz CT molecular complexity index is 1250. The highest BCUT2D eigenvalue weighted by atomic mass is 35.5. The average molecular weight is 405 g/mol. The van der Waals surface area contributed by atoms with Crippen molar-refractivity contribution in [2.24, 2.45) is 0 Å². The first kappa shape index (κ1) is 18.8. The van der Waals surface area contributed by atoms with Gasteiger partial charge in [0.2, 0.25) is 0 Å². The van der Waals surface area contributed by atoms with Crippen LogP contribution in [0.4, 0.5) is 15.9 Å². The maximum Gasteiger partial charge on any atom is 0.163 e. The Hall–Kier alpha value is -3.53. The molecule has 4 rings (SSSR count). The zero-order chi connectivity index (χ0) is 20.2. The summed E-state index contributed by atoms with van der Waals surface area (Å²) in [5, 5.41) is 12.9. The largest absolute Gasteiger partial charge is 0.384 e. The number of pyridine rings is 1. The lowest BCUT2D eigenvalue weighted by molar-refractivity contribution is 0.350. The number of aromatic nitrogens is 3. The molecule has 4 aromatic rings. The maximum absolute atomic E-state index is 13.5. The van der Waals surface area contributed by atoms with Crippen LogP contribution in [-0.4, -0.2) is 26.7 Å². The molecule has 0 bridgehead atoms. The number of rotatable bonds is 3. The number of fused-ring (bicyclic) bond motifs is 1. The monoisotopic (exact) mass is 404 g/mol. The van der Waals surface area contributed by atoms with Gasteiger partial charge in [0.25, 0.3) is 0 Å². The third-order valence-corrected chi connectivity index (χ3v) is 4.40. The van der Waals surface area contributed by atoms with Gasteiger partial charge in [0.15, 0.2) is 5.82 Å². The minimum absolute atomic E-state index is 0.0161. The molecule has 2 N–H and O–H groups in total. The van der Waals surface area contributed by atoms with E-state index in [0.29, 0.717) is 22.8 Å². The normalized spacial score (nSPS) is 10.4. The predicted molar refractivity (Wildman–Crippen MR) is 111 cm³/mol. The molecule has 5 nitrogen and oxygen atoms in total. The second kappa shape index (κ2) is 8.23. The van der Waals surface area contributed by atoms with Crippen LogP contribution >= 0.6 is 11.6 Å². The lowest BCUT2D eigenvalue weighted by Crippen LogP contribution is -2.00. The molecule has 0 unspecified atom stereocenters. The Kier molecular flexibility index (Phi) is 5.34. The number of anilines is 2. The molecule has 2 heterocycles. The second-order valence-corrected chi connectivity index (χ2v) is 6.49. The molecule has 0 aliphatic carbocycles. The van der Waals surface area contributed by atoms with Gasteiger partial charge in [0.1, 0.15) is 18.2 Å². The van der Waals surface area contributed by atoms with Crippen LogP contribution in [-0.2, 0) is 0 Å². The molecule has 29 heavy (non-hydrogen) atoms. The summed E-state index contributed by atoms with van der Waals surface area (Å²) in [4.78, 5) is 13.4. The van der Waals surface area contributed by atoms with E-state index >= 15 is 0 Å². The molecule has 0 radical (unpaired) electrons. The molecule has 0 fully saturated rings. The number of halogens is 2. The van der Waals surface area contributed by atoms with Gasteiger partial charge in [0.05, 0.1) is 10.5 Å². The third-order valence-electron chi connectivity index (χ3n) is 4.11. The summed E-state index contributed by atoms with van der Waals surface area (Å²) in [5.41, 5.74) is 2.73. The molecule has 0 aliphatic rings. The van der Waals surface area contributed by atoms with Crippen LogP contribution in [0.25, 0.3) is 22.3 Å². The van der Waals surface area contributed by atoms with Crippen molar-refractivity contribution in [2.75, 3.05) is 11.9 Å². The van der Waals surface area contributed by atoms with Crippen molar-refractivity contribution >= 4 is 34.0 Å². The second-order valence-electron chi connectivity index (χ2n) is 6.08. The Morgan fingerprint density at radius 2 is 2.00 bits per heavy atom. The van der Waals surface area contributed by atoms with Gasteiger partial charge in [-0.3, -0.25) is 4.98 Å². The Morgan fingerprint density at radius 3 is 2.76 bits per heavy atom. The van der Waals surface area contributed by atoms with Crippen molar-refractivity contribution in [1.82, 2.24) is 15.0 Å². The smallest absolute Gasteiger partial charge is 0.163 e. The molecule has 0 aliphatic heterocycles. The molecule has 0 saturated carbocycles. The van der Waals surface area contributed by atoms with E-state index in [-0.39, 0.29) is 11.6 Å². The number of benzene rings is 2. The van der Waals surface area contributed by atoms with E-state index in [1.54, 1.807) is 24.5 Å². The van der Waals surface area contributed by atoms with Gasteiger partial charge in [-0.2, -0.15) is 0 Å². The summed E-state index contributed by atoms with van der Waals surface area (Å²) >= 11 is 5.90. The van der Waals surface area contributed by atoms with E-state index in [2.05, 4.69) is 32.1 Å². The summed E-state index contributed by atoms with van der Waals surface area (Å²) in [5.74, 6) is 6.03. The van der Waals surface area contributed by atoms with Crippen LogP contribution in [0, 0.1) is 17.7 Å². The topological polar surface area (TPSA) is 70.9 Å². The Labute approximate surface area is 171 Å². The number of nitrogens with zero attached hydrogens (tertiary/aromatic N) is 3. The van der Waals surface area contributed by atoms with Gasteiger partial charge < -0.3 is 10.4 Å². The van der Waals surface area contributed by atoms with Gasteiger partial charge in [-0.05, 0) is 48.5 Å². The lowest BCUT2D eigenvalue weighted by atomic mass is 10.1.